The number of amides is 1. The monoisotopic (exact) mass is 295 g/mol. The Morgan fingerprint density at radius 3 is 2.65 bits per heavy atom. The quantitative estimate of drug-likeness (QED) is 0.854. The van der Waals surface area contributed by atoms with Gasteiger partial charge in [0.1, 0.15) is 11.9 Å². The highest BCUT2D eigenvalue weighted by molar-refractivity contribution is 7.71. The van der Waals surface area contributed by atoms with Gasteiger partial charge in [0.15, 0.2) is 4.77 Å². The van der Waals surface area contributed by atoms with Crippen molar-refractivity contribution in [3.8, 4) is 0 Å². The normalized spacial score (nSPS) is 12.9. The molecule has 0 aliphatic carbocycles. The van der Waals surface area contributed by atoms with Crippen LogP contribution < -0.4 is 5.32 Å². The molecule has 0 bridgehead atoms. The van der Waals surface area contributed by atoms with Crippen molar-refractivity contribution in [1.82, 2.24) is 14.9 Å². The fourth-order valence-electron chi connectivity index (χ4n) is 2.16. The minimum absolute atomic E-state index is 0.0588. The highest BCUT2D eigenvalue weighted by Gasteiger charge is 2.19. The summed E-state index contributed by atoms with van der Waals surface area (Å²) in [6.45, 7) is 7.27. The summed E-state index contributed by atoms with van der Waals surface area (Å²) in [5.74, 6) is -0.404. The maximum absolute atomic E-state index is 13.6. The lowest BCUT2D eigenvalue weighted by Gasteiger charge is -2.16. The SMILES string of the molecule is Cc1cc2c(cc1F)[nH]c(=S)n2C(C)C(=O)NC(C)C. The lowest BCUT2D eigenvalue weighted by Crippen LogP contribution is -2.35. The van der Waals surface area contributed by atoms with E-state index in [0.717, 1.165) is 5.52 Å². The molecule has 1 amide bonds. The lowest BCUT2D eigenvalue weighted by molar-refractivity contribution is -0.124. The van der Waals surface area contributed by atoms with Gasteiger partial charge in [-0.05, 0) is 57.6 Å². The summed E-state index contributed by atoms with van der Waals surface area (Å²) in [4.78, 5) is 15.1. The molecule has 0 saturated heterocycles. The van der Waals surface area contributed by atoms with Crippen LogP contribution in [0.5, 0.6) is 0 Å². The highest BCUT2D eigenvalue weighted by atomic mass is 32.1. The van der Waals surface area contributed by atoms with Crippen molar-refractivity contribution >= 4 is 29.2 Å². The van der Waals surface area contributed by atoms with Gasteiger partial charge in [0, 0.05) is 6.04 Å². The first-order valence-corrected chi connectivity index (χ1v) is 6.92. The van der Waals surface area contributed by atoms with Crippen LogP contribution in [0, 0.1) is 17.5 Å². The molecule has 2 rings (SSSR count). The van der Waals surface area contributed by atoms with E-state index >= 15 is 0 Å². The predicted molar refractivity (Wildman–Crippen MR) is 79.8 cm³/mol. The number of rotatable bonds is 3. The van der Waals surface area contributed by atoms with Gasteiger partial charge in [-0.1, -0.05) is 0 Å². The van der Waals surface area contributed by atoms with Crippen molar-refractivity contribution in [2.45, 2.75) is 39.8 Å². The molecule has 1 aromatic heterocycles. The van der Waals surface area contributed by atoms with Gasteiger partial charge in [-0.15, -0.1) is 0 Å². The summed E-state index contributed by atoms with van der Waals surface area (Å²) in [5, 5.41) is 2.85. The van der Waals surface area contributed by atoms with Gasteiger partial charge in [-0.2, -0.15) is 0 Å². The summed E-state index contributed by atoms with van der Waals surface area (Å²) in [6, 6.07) is 2.71. The Hall–Kier alpha value is -1.69. The molecule has 2 aromatic rings. The number of hydrogen-bond acceptors (Lipinski definition) is 2. The van der Waals surface area contributed by atoms with E-state index in [9.17, 15) is 9.18 Å². The Kier molecular flexibility index (Phi) is 3.94. The first-order chi connectivity index (χ1) is 9.31. The smallest absolute Gasteiger partial charge is 0.243 e. The van der Waals surface area contributed by atoms with Crippen LogP contribution in [0.25, 0.3) is 11.0 Å². The molecule has 0 radical (unpaired) electrons. The Bertz CT molecular complexity index is 717. The van der Waals surface area contributed by atoms with E-state index in [1.165, 1.54) is 6.07 Å². The van der Waals surface area contributed by atoms with Crippen LogP contribution in [0.3, 0.4) is 0 Å². The number of fused-ring (bicyclic) bond motifs is 1. The second-order valence-corrected chi connectivity index (χ2v) is 5.64. The average Bonchev–Trinajstić information content (AvgIpc) is 2.63. The standard InChI is InChI=1S/C14H18FN3OS/c1-7(2)16-13(19)9(4)18-12-5-8(3)10(15)6-11(12)17-14(18)20/h5-7,9H,1-4H3,(H,16,19)(H,17,20). The van der Waals surface area contributed by atoms with Gasteiger partial charge in [0.05, 0.1) is 11.0 Å². The maximum Gasteiger partial charge on any atom is 0.243 e. The molecule has 1 aromatic carbocycles. The molecule has 4 nitrogen and oxygen atoms in total. The lowest BCUT2D eigenvalue weighted by atomic mass is 10.2. The first-order valence-electron chi connectivity index (χ1n) is 6.52. The third kappa shape index (κ3) is 2.60. The van der Waals surface area contributed by atoms with Crippen LogP contribution >= 0.6 is 12.2 Å². The van der Waals surface area contributed by atoms with Crippen LogP contribution in [-0.4, -0.2) is 21.5 Å². The Balaban J connectivity index is 2.54. The molecule has 0 spiro atoms. The molecular weight excluding hydrogens is 277 g/mol. The fraction of sp³-hybridized carbons (Fsp3) is 0.429. The number of benzene rings is 1. The summed E-state index contributed by atoms with van der Waals surface area (Å²) in [6.07, 6.45) is 0. The molecule has 0 saturated carbocycles. The minimum Gasteiger partial charge on any atom is -0.352 e. The molecule has 0 aliphatic heterocycles. The summed E-state index contributed by atoms with van der Waals surface area (Å²) < 4.78 is 15.7. The van der Waals surface area contributed by atoms with Gasteiger partial charge >= 0.3 is 0 Å². The zero-order chi connectivity index (χ0) is 15.0. The van der Waals surface area contributed by atoms with Crippen molar-refractivity contribution in [2.75, 3.05) is 0 Å². The summed E-state index contributed by atoms with van der Waals surface area (Å²) in [7, 11) is 0. The topological polar surface area (TPSA) is 49.8 Å². The molecule has 1 heterocycles. The van der Waals surface area contributed by atoms with E-state index in [2.05, 4.69) is 10.3 Å². The van der Waals surface area contributed by atoms with E-state index in [-0.39, 0.29) is 17.8 Å². The zero-order valence-electron chi connectivity index (χ0n) is 12.0. The van der Waals surface area contributed by atoms with Crippen molar-refractivity contribution in [3.63, 3.8) is 0 Å². The number of nitrogens with zero attached hydrogens (tertiary/aromatic N) is 1. The summed E-state index contributed by atoms with van der Waals surface area (Å²) >= 11 is 5.25. The van der Waals surface area contributed by atoms with Crippen molar-refractivity contribution in [2.24, 2.45) is 0 Å². The largest absolute Gasteiger partial charge is 0.352 e. The van der Waals surface area contributed by atoms with Crippen LogP contribution in [0.4, 0.5) is 4.39 Å². The number of carbonyl (C=O) groups excluding carboxylic acids is 1. The number of aryl methyl sites for hydroxylation is 1. The second-order valence-electron chi connectivity index (χ2n) is 5.26. The number of imidazole rings is 1. The Labute approximate surface area is 122 Å². The number of H-pyrrole nitrogens is 1. The van der Waals surface area contributed by atoms with Crippen LogP contribution in [0.1, 0.15) is 32.4 Å². The first kappa shape index (κ1) is 14.7. The summed E-state index contributed by atoms with van der Waals surface area (Å²) in [5.41, 5.74) is 1.86. The molecule has 0 aliphatic rings. The van der Waals surface area contributed by atoms with Gasteiger partial charge in [0.2, 0.25) is 5.91 Å². The fourth-order valence-corrected chi connectivity index (χ4v) is 2.52. The molecular formula is C14H18FN3OS. The minimum atomic E-state index is -0.455. The third-order valence-corrected chi connectivity index (χ3v) is 3.49. The van der Waals surface area contributed by atoms with E-state index in [1.807, 2.05) is 13.8 Å². The Morgan fingerprint density at radius 2 is 2.05 bits per heavy atom. The molecule has 6 heteroatoms. The molecule has 20 heavy (non-hydrogen) atoms. The van der Waals surface area contributed by atoms with Gasteiger partial charge in [-0.3, -0.25) is 4.79 Å². The number of carbonyl (C=O) groups is 1. The number of aromatic nitrogens is 2. The van der Waals surface area contributed by atoms with Gasteiger partial charge in [-0.25, -0.2) is 4.39 Å². The van der Waals surface area contributed by atoms with Crippen molar-refractivity contribution in [3.05, 3.63) is 28.3 Å². The third-order valence-electron chi connectivity index (χ3n) is 3.19. The van der Waals surface area contributed by atoms with E-state index in [1.54, 1.807) is 24.5 Å². The van der Waals surface area contributed by atoms with Crippen LogP contribution in [-0.2, 0) is 4.79 Å². The zero-order valence-corrected chi connectivity index (χ0v) is 12.8. The molecule has 1 unspecified atom stereocenters. The van der Waals surface area contributed by atoms with E-state index in [0.29, 0.717) is 15.9 Å². The molecule has 0 fully saturated rings. The molecule has 108 valence electrons. The predicted octanol–water partition coefficient (Wildman–Crippen LogP) is 3.23. The second kappa shape index (κ2) is 5.36. The Morgan fingerprint density at radius 1 is 1.40 bits per heavy atom. The maximum atomic E-state index is 13.6. The number of nitrogens with one attached hydrogen (secondary N) is 2. The van der Waals surface area contributed by atoms with Gasteiger partial charge in [0.25, 0.3) is 0 Å². The van der Waals surface area contributed by atoms with Crippen molar-refractivity contribution in [1.29, 1.82) is 0 Å². The number of halogens is 1. The van der Waals surface area contributed by atoms with E-state index < -0.39 is 6.04 Å². The molecule has 1 atom stereocenters. The van der Waals surface area contributed by atoms with E-state index in [4.69, 9.17) is 12.2 Å². The molecule has 2 N–H and O–H groups in total. The number of aromatic amines is 1. The van der Waals surface area contributed by atoms with Gasteiger partial charge < -0.3 is 14.9 Å². The van der Waals surface area contributed by atoms with Crippen LogP contribution in [0.2, 0.25) is 0 Å². The number of hydrogen-bond donors (Lipinski definition) is 2. The average molecular weight is 295 g/mol. The van der Waals surface area contributed by atoms with Crippen molar-refractivity contribution < 1.29 is 9.18 Å². The highest BCUT2D eigenvalue weighted by Crippen LogP contribution is 2.22. The van der Waals surface area contributed by atoms with Crippen LogP contribution in [0.15, 0.2) is 12.1 Å².